The normalized spacial score (nSPS) is 11.5. The number of aromatic nitrogens is 6. The van der Waals surface area contributed by atoms with Crippen molar-refractivity contribution in [2.24, 2.45) is 5.14 Å². The second-order valence-electron chi connectivity index (χ2n) is 22.0. The molecule has 0 spiro atoms. The van der Waals surface area contributed by atoms with Crippen LogP contribution in [0.5, 0.6) is 34.5 Å². The van der Waals surface area contributed by atoms with Gasteiger partial charge in [-0.15, -0.1) is 0 Å². The first-order valence-electron chi connectivity index (χ1n) is 28.3. The van der Waals surface area contributed by atoms with Crippen molar-refractivity contribution in [3.8, 4) is 56.8 Å². The Bertz CT molecular complexity index is 4890. The number of hydrogen-bond acceptors (Lipinski definition) is 16. The largest absolute Gasteiger partial charge is 0.495 e. The molecule has 0 radical (unpaired) electrons. The maximum absolute atomic E-state index is 15.4. The minimum atomic E-state index is -3.45. The smallest absolute Gasteiger partial charge is 0.206 e. The molecule has 0 saturated carbocycles. The van der Waals surface area contributed by atoms with E-state index in [0.717, 1.165) is 18.6 Å². The number of Topliss-reactive ketones (excluding diaryl/α,β-unsaturated/α-hetero) is 2. The average Bonchev–Trinajstić information content (AvgIpc) is 0.800. The van der Waals surface area contributed by atoms with Gasteiger partial charge in [0, 0.05) is 103 Å². The van der Waals surface area contributed by atoms with Gasteiger partial charge in [0.1, 0.15) is 33.0 Å². The molecule has 0 unspecified atom stereocenters. The molecule has 6 aromatic heterocycles. The quantitative estimate of drug-likeness (QED) is 0.0475. The van der Waals surface area contributed by atoms with Crippen molar-refractivity contribution in [2.75, 3.05) is 26.7 Å². The fourth-order valence-corrected chi connectivity index (χ4v) is 11.2. The third-order valence-electron chi connectivity index (χ3n) is 14.3. The van der Waals surface area contributed by atoms with Crippen molar-refractivity contribution in [2.45, 2.75) is 72.2 Å². The highest BCUT2D eigenvalue weighted by atomic mass is 79.9. The molecule has 10 rings (SSSR count). The van der Waals surface area contributed by atoms with Gasteiger partial charge in [0.05, 0.1) is 54.1 Å². The molecule has 93 heavy (non-hydrogen) atoms. The molecule has 484 valence electrons. The first-order valence-corrected chi connectivity index (χ1v) is 33.1. The summed E-state index contributed by atoms with van der Waals surface area (Å²) in [5.41, 5.74) is 4.18. The van der Waals surface area contributed by atoms with Crippen LogP contribution in [-0.4, -0.2) is 84.2 Å². The Morgan fingerprint density at radius 1 is 0.559 bits per heavy atom. The van der Waals surface area contributed by atoms with Gasteiger partial charge in [-0.25, -0.2) is 49.5 Å². The number of primary sulfonamides is 1. The van der Waals surface area contributed by atoms with E-state index in [0.29, 0.717) is 71.7 Å². The third-order valence-corrected chi connectivity index (χ3v) is 15.6. The van der Waals surface area contributed by atoms with E-state index in [4.69, 9.17) is 18.9 Å². The Balaban J connectivity index is 0.000000223. The maximum Gasteiger partial charge on any atom is 0.206 e. The van der Waals surface area contributed by atoms with Crippen LogP contribution in [0.2, 0.25) is 0 Å². The van der Waals surface area contributed by atoms with E-state index in [1.165, 1.54) is 118 Å². The predicted molar refractivity (Wildman–Crippen MR) is 349 cm³/mol. The molecule has 0 aliphatic heterocycles. The van der Waals surface area contributed by atoms with Gasteiger partial charge >= 0.3 is 0 Å². The van der Waals surface area contributed by atoms with Crippen LogP contribution < -0.4 is 34.9 Å². The van der Waals surface area contributed by atoms with Crippen LogP contribution in [0, 0.1) is 37.1 Å². The number of pyridine rings is 6. The summed E-state index contributed by atoms with van der Waals surface area (Å²) in [5, 5.41) is 4.33. The Labute approximate surface area is 541 Å². The van der Waals surface area contributed by atoms with Crippen molar-refractivity contribution >= 4 is 69.4 Å². The number of hydrogen-bond donors (Lipinski definition) is 1. The van der Waals surface area contributed by atoms with Crippen LogP contribution in [0.15, 0.2) is 148 Å². The fourth-order valence-electron chi connectivity index (χ4n) is 10.0. The minimum absolute atomic E-state index is 0.0234. The Morgan fingerprint density at radius 2 is 0.946 bits per heavy atom. The SMILES string of the molecule is COc1cc2nccc(Oc3ccc(CC(=O)c4cn(C(C)C)c(C)c(-c5ccc(F)cc5)c4=O)cc3F)c2nc1Br.COc1cc2nccc(Oc3ccc(CC(=O)c4cn(C(C)C)c(C)c(-c5ccc(F)cc5)c4=O)cc3F)c2nc1CS(C)(=O)=O.CS(N)(=O)=O. The molecular weight excluding hydrogens is 1310 g/mol. The molecule has 0 aliphatic rings. The number of nitrogens with zero attached hydrogens (tertiary/aromatic N) is 6. The molecule has 2 N–H and O–H groups in total. The molecule has 6 heterocycles. The lowest BCUT2D eigenvalue weighted by Gasteiger charge is -2.20. The Kier molecular flexibility index (Phi) is 21.6. The van der Waals surface area contributed by atoms with Crippen LogP contribution in [-0.2, 0) is 38.5 Å². The number of carbonyl (C=O) groups is 2. The molecule has 0 saturated heterocycles. The van der Waals surface area contributed by atoms with Gasteiger partial charge in [-0.05, 0) is 128 Å². The molecule has 0 aliphatic carbocycles. The maximum atomic E-state index is 15.4. The lowest BCUT2D eigenvalue weighted by molar-refractivity contribution is 0.0982. The number of carbonyl (C=O) groups excluding carboxylic acids is 2. The van der Waals surface area contributed by atoms with E-state index in [9.17, 15) is 44.8 Å². The van der Waals surface area contributed by atoms with Gasteiger partial charge in [0.15, 0.2) is 72.6 Å². The van der Waals surface area contributed by atoms with Gasteiger partial charge < -0.3 is 28.1 Å². The summed E-state index contributed by atoms with van der Waals surface area (Å²) >= 11 is 3.34. The molecule has 0 bridgehead atoms. The summed E-state index contributed by atoms with van der Waals surface area (Å²) in [7, 11) is -3.71. The van der Waals surface area contributed by atoms with Crippen molar-refractivity contribution in [1.29, 1.82) is 0 Å². The molecule has 0 atom stereocenters. The molecular formula is C67H62BrF4N7O12S2. The van der Waals surface area contributed by atoms with Gasteiger partial charge in [-0.3, -0.25) is 29.1 Å². The third kappa shape index (κ3) is 17.0. The molecule has 0 amide bonds. The number of ketones is 2. The molecule has 19 nitrogen and oxygen atoms in total. The highest BCUT2D eigenvalue weighted by Gasteiger charge is 2.25. The number of rotatable bonds is 18. The monoisotopic (exact) mass is 1380 g/mol. The van der Waals surface area contributed by atoms with Gasteiger partial charge in [0.2, 0.25) is 10.0 Å². The molecule has 0 fully saturated rings. The zero-order valence-electron chi connectivity index (χ0n) is 51.8. The van der Waals surface area contributed by atoms with Crippen molar-refractivity contribution < 1.29 is 62.9 Å². The number of benzene rings is 4. The van der Waals surface area contributed by atoms with E-state index < -0.39 is 65.6 Å². The number of sulfonamides is 1. The summed E-state index contributed by atoms with van der Waals surface area (Å²) in [4.78, 5) is 71.3. The standard InChI is InChI=1S/C34H31F2N3O6S.C32H26BrF2N3O4.CH5NO2S/c1-19(2)39-17-24(34(41)32(20(39)3)22-7-9-23(35)10-8-22)28(40)15-21-6-11-29(25(36)14-21)45-30-12-13-37-26-16-31(44-4)27(38-33(26)30)18-46(5,42)43;1-17(2)38-16-22(31(40)29(18(38)3)20-6-8-21(34)9-7-20)25(39)14-19-5-10-26(23(35)13-19)42-27-11-12-36-24-15-28(41-4)32(33)37-30(24)27;1-5(2,3)4/h6-14,16-17,19H,15,18H2,1-5H3;5-13,15-17H,14H2,1-4H3;1H3,(H2,2,3,4). The molecule has 10 aromatic rings. The Hall–Kier alpha value is -9.50. The topological polar surface area (TPSA) is 261 Å². The second kappa shape index (κ2) is 29.0. The van der Waals surface area contributed by atoms with E-state index >= 15 is 8.78 Å². The van der Waals surface area contributed by atoms with E-state index in [1.54, 1.807) is 38.2 Å². The number of nitrogens with two attached hydrogens (primary N) is 1. The lowest BCUT2D eigenvalue weighted by atomic mass is 9.97. The van der Waals surface area contributed by atoms with Crippen molar-refractivity contribution in [3.05, 3.63) is 222 Å². The van der Waals surface area contributed by atoms with Crippen LogP contribution >= 0.6 is 15.9 Å². The fraction of sp³-hybridized carbons (Fsp3) is 0.224. The number of ether oxygens (including phenoxy) is 4. The molecule has 4 aromatic carbocycles. The zero-order chi connectivity index (χ0) is 68.0. The van der Waals surface area contributed by atoms with Crippen LogP contribution in [0.4, 0.5) is 17.6 Å². The highest BCUT2D eigenvalue weighted by Crippen LogP contribution is 2.36. The Morgan fingerprint density at radius 3 is 1.31 bits per heavy atom. The van der Waals surface area contributed by atoms with Gasteiger partial charge in [-0.1, -0.05) is 36.4 Å². The van der Waals surface area contributed by atoms with Crippen molar-refractivity contribution in [3.63, 3.8) is 0 Å². The van der Waals surface area contributed by atoms with Gasteiger partial charge in [-0.2, -0.15) is 0 Å². The number of halogens is 5. The second-order valence-corrected chi connectivity index (χ2v) is 26.5. The zero-order valence-corrected chi connectivity index (χ0v) is 55.1. The minimum Gasteiger partial charge on any atom is -0.495 e. The van der Waals surface area contributed by atoms with Crippen LogP contribution in [0.1, 0.15) is 88.7 Å². The highest BCUT2D eigenvalue weighted by molar-refractivity contribution is 9.10. The van der Waals surface area contributed by atoms with Crippen LogP contribution in [0.25, 0.3) is 44.3 Å². The summed E-state index contributed by atoms with van der Waals surface area (Å²) in [6.07, 6.45) is 7.56. The van der Waals surface area contributed by atoms with E-state index in [-0.39, 0.29) is 81.8 Å². The first-order chi connectivity index (χ1) is 43.8. The summed E-state index contributed by atoms with van der Waals surface area (Å²) in [5.74, 6) is -2.77. The number of fused-ring (bicyclic) bond motifs is 2. The average molecular weight is 1380 g/mol. The van der Waals surface area contributed by atoms with Gasteiger partial charge in [0.25, 0.3) is 0 Å². The molecule has 26 heteroatoms. The summed E-state index contributed by atoms with van der Waals surface area (Å²) in [6, 6.07) is 25.4. The summed E-state index contributed by atoms with van der Waals surface area (Å²) in [6.45, 7) is 11.3. The number of sulfone groups is 1. The lowest BCUT2D eigenvalue weighted by Crippen LogP contribution is -2.24. The number of methoxy groups -OCH3 is 2. The first kappa shape index (κ1) is 69.4. The van der Waals surface area contributed by atoms with Crippen LogP contribution in [0.3, 0.4) is 0 Å². The predicted octanol–water partition coefficient (Wildman–Crippen LogP) is 12.9. The van der Waals surface area contributed by atoms with E-state index in [2.05, 4.69) is 41.0 Å². The van der Waals surface area contributed by atoms with E-state index in [1.807, 2.05) is 36.8 Å². The summed E-state index contributed by atoms with van der Waals surface area (Å²) < 4.78 is 127. The van der Waals surface area contributed by atoms with Crippen molar-refractivity contribution in [1.82, 2.24) is 29.1 Å².